The molecule has 8 aromatic carbocycles. The van der Waals surface area contributed by atoms with E-state index in [9.17, 15) is 2.74 Å². The summed E-state index contributed by atoms with van der Waals surface area (Å²) in [5.41, 5.74) is 12.1. The van der Waals surface area contributed by atoms with Gasteiger partial charge in [0.2, 0.25) is 0 Å². The molecule has 0 radical (unpaired) electrons. The number of aromatic nitrogens is 2. The van der Waals surface area contributed by atoms with Gasteiger partial charge in [-0.25, -0.2) is 4.98 Å². The molecule has 1 aliphatic heterocycles. The normalized spacial score (nSPS) is 14.0. The molecule has 11 rings (SSSR count). The summed E-state index contributed by atoms with van der Waals surface area (Å²) in [6.07, 6.45) is 1.88. The van der Waals surface area contributed by atoms with E-state index in [-0.39, 0.29) is 37.3 Å². The predicted molar refractivity (Wildman–Crippen MR) is 301 cm³/mol. The minimum Gasteiger partial charge on any atom is -0.509 e. The second kappa shape index (κ2) is 19.0. The van der Waals surface area contributed by atoms with Gasteiger partial charge >= 0.3 is 0 Å². The van der Waals surface area contributed by atoms with Crippen LogP contribution in [0.5, 0.6) is 11.5 Å². The molecule has 368 valence electrons. The fourth-order valence-electron chi connectivity index (χ4n) is 9.68. The number of pyridine rings is 1. The number of benzene rings is 8. The number of ether oxygens (including phenoxy) is 1. The van der Waals surface area contributed by atoms with Crippen LogP contribution in [0.4, 0.5) is 22.7 Å². The van der Waals surface area contributed by atoms with Crippen LogP contribution in [0.2, 0.25) is 0 Å². The predicted octanol–water partition coefficient (Wildman–Crippen LogP) is 18.2. The Bertz CT molecular complexity index is 3880. The maximum atomic E-state index is 9.98. The maximum Gasteiger partial charge on any atom is 0.135 e. The SMILES string of the molecule is [2H]c1c(C(C)(C)C)cc(C(C)(C)C)c([2H])c1-c1cccc(-c2ccc(-c3ccccc3C([2H])([2H])[2H])cc2)c1N1[CH-]N(c2[c-]c(Oc3[c-]c4c(cc3)c3ccccc3n4-c3cc(C(C)(C)C)ccn3)ccc2)c2ccccc21.[Pt]. The molecular weight excluding hydrogens is 1070 g/mol. The molecule has 0 bridgehead atoms. The number of hydrogen-bond acceptors (Lipinski definition) is 4. The van der Waals surface area contributed by atoms with E-state index in [0.29, 0.717) is 40.3 Å². The molecule has 2 aromatic heterocycles. The number of hydrogen-bond donors (Lipinski definition) is 0. The number of rotatable bonds is 8. The minimum absolute atomic E-state index is 0. The topological polar surface area (TPSA) is 33.5 Å². The van der Waals surface area contributed by atoms with E-state index >= 15 is 0 Å². The third-order valence-corrected chi connectivity index (χ3v) is 13.7. The summed E-state index contributed by atoms with van der Waals surface area (Å²) < 4.78 is 53.7. The van der Waals surface area contributed by atoms with Gasteiger partial charge in [-0.05, 0) is 103 Å². The number of anilines is 4. The largest absolute Gasteiger partial charge is 0.509 e. The molecular formula is C67H61N4OPt-3. The van der Waals surface area contributed by atoms with Gasteiger partial charge in [0.15, 0.2) is 0 Å². The molecule has 0 aliphatic carbocycles. The third-order valence-electron chi connectivity index (χ3n) is 13.7. The summed E-state index contributed by atoms with van der Waals surface area (Å²) in [5.74, 6) is 1.85. The minimum atomic E-state index is -2.28. The first-order valence-electron chi connectivity index (χ1n) is 27.2. The summed E-state index contributed by atoms with van der Waals surface area (Å²) >= 11 is 0. The molecule has 0 amide bonds. The second-order valence-electron chi connectivity index (χ2n) is 21.9. The summed E-state index contributed by atoms with van der Waals surface area (Å²) in [7, 11) is 0. The van der Waals surface area contributed by atoms with E-state index in [1.165, 1.54) is 5.56 Å². The Morgan fingerprint density at radius 1 is 0.534 bits per heavy atom. The van der Waals surface area contributed by atoms with Gasteiger partial charge < -0.3 is 19.1 Å². The van der Waals surface area contributed by atoms with Crippen molar-refractivity contribution >= 4 is 44.6 Å². The molecule has 10 aromatic rings. The fraction of sp³-hybridized carbons (Fsp3) is 0.194. The van der Waals surface area contributed by atoms with Crippen molar-refractivity contribution in [3.63, 3.8) is 0 Å². The molecule has 0 unspecified atom stereocenters. The number of aryl methyl sites for hydroxylation is 1. The molecule has 73 heavy (non-hydrogen) atoms. The average Bonchev–Trinajstić information content (AvgIpc) is 4.14. The standard InChI is InChI=1S/C67H61N4O.Pt/c1-44-19-11-12-22-54(44)45-29-31-46(32-30-45)55-24-18-25-56(47-37-49(66(5,6)7)39-50(38-47)67(8,9)10)64(55)70-43-69(60-27-15-16-28-61(60)70)51-20-17-21-52(41-51)72-53-33-34-58-57-23-13-14-26-59(57)71(62(58)42-53)63-40-48(35-36-68-63)65(2,3)4;/h11-40,43H,1-10H3;/q-3;/i1D3,37D,38D;. The Kier molecular flexibility index (Phi) is 11.3. The van der Waals surface area contributed by atoms with Crippen LogP contribution in [0.1, 0.15) is 91.4 Å². The smallest absolute Gasteiger partial charge is 0.135 e. The molecule has 3 heterocycles. The summed E-state index contributed by atoms with van der Waals surface area (Å²) in [6, 6.07) is 61.9. The summed E-state index contributed by atoms with van der Waals surface area (Å²) in [5, 5.41) is 2.14. The van der Waals surface area contributed by atoms with Crippen molar-refractivity contribution in [2.45, 2.75) is 85.4 Å². The van der Waals surface area contributed by atoms with Crippen molar-refractivity contribution in [3.05, 3.63) is 223 Å². The molecule has 0 saturated carbocycles. The van der Waals surface area contributed by atoms with Gasteiger partial charge in [0.25, 0.3) is 0 Å². The van der Waals surface area contributed by atoms with Crippen LogP contribution in [-0.4, -0.2) is 9.55 Å². The van der Waals surface area contributed by atoms with Crippen LogP contribution in [0.15, 0.2) is 182 Å². The summed E-state index contributed by atoms with van der Waals surface area (Å²) in [4.78, 5) is 9.14. The Morgan fingerprint density at radius 3 is 1.82 bits per heavy atom. The van der Waals surface area contributed by atoms with Gasteiger partial charge in [0.1, 0.15) is 5.82 Å². The Hall–Kier alpha value is -7.20. The van der Waals surface area contributed by atoms with E-state index in [1.54, 1.807) is 12.1 Å². The molecule has 0 atom stereocenters. The first-order valence-corrected chi connectivity index (χ1v) is 24.7. The number of para-hydroxylation sites is 4. The zero-order valence-electron chi connectivity index (χ0n) is 47.8. The Morgan fingerprint density at radius 2 is 1.12 bits per heavy atom. The van der Waals surface area contributed by atoms with Crippen molar-refractivity contribution in [2.75, 3.05) is 9.80 Å². The van der Waals surface area contributed by atoms with Crippen LogP contribution in [0, 0.1) is 25.7 Å². The van der Waals surface area contributed by atoms with E-state index < -0.39 is 6.85 Å². The molecule has 1 aliphatic rings. The zero-order chi connectivity index (χ0) is 54.3. The fourth-order valence-corrected chi connectivity index (χ4v) is 9.68. The van der Waals surface area contributed by atoms with Crippen molar-refractivity contribution in [1.82, 2.24) is 9.55 Å². The molecule has 6 heteroatoms. The van der Waals surface area contributed by atoms with E-state index in [4.69, 9.17) is 13.8 Å². The van der Waals surface area contributed by atoms with Crippen LogP contribution in [0.25, 0.3) is 61.0 Å². The first kappa shape index (κ1) is 43.4. The van der Waals surface area contributed by atoms with Crippen molar-refractivity contribution in [3.8, 4) is 50.7 Å². The molecule has 0 N–H and O–H groups in total. The Labute approximate surface area is 453 Å². The van der Waals surface area contributed by atoms with Gasteiger partial charge in [-0.1, -0.05) is 183 Å². The van der Waals surface area contributed by atoms with Crippen molar-refractivity contribution in [1.29, 1.82) is 0 Å². The van der Waals surface area contributed by atoms with E-state index in [0.717, 1.165) is 83.8 Å². The van der Waals surface area contributed by atoms with Crippen molar-refractivity contribution in [2.24, 2.45) is 0 Å². The van der Waals surface area contributed by atoms with E-state index in [1.807, 2.05) is 97.2 Å². The van der Waals surface area contributed by atoms with E-state index in [2.05, 4.69) is 156 Å². The van der Waals surface area contributed by atoms with Crippen molar-refractivity contribution < 1.29 is 32.7 Å². The van der Waals surface area contributed by atoms with Gasteiger partial charge in [-0.2, -0.15) is 12.1 Å². The first-order chi connectivity index (χ1) is 36.6. The van der Waals surface area contributed by atoms with Crippen LogP contribution < -0.4 is 14.5 Å². The number of nitrogens with zero attached hydrogens (tertiary/aromatic N) is 4. The van der Waals surface area contributed by atoms with Gasteiger partial charge in [-0.15, -0.1) is 48.1 Å². The van der Waals surface area contributed by atoms with Gasteiger partial charge in [0, 0.05) is 76.6 Å². The van der Waals surface area contributed by atoms with Gasteiger partial charge in [0.05, 0.1) is 2.74 Å². The molecule has 0 spiro atoms. The summed E-state index contributed by atoms with van der Waals surface area (Å²) in [6.45, 7) is 19.2. The maximum absolute atomic E-state index is 9.98. The van der Waals surface area contributed by atoms with Crippen LogP contribution >= 0.6 is 0 Å². The Balaban J connectivity index is 0.00000688. The van der Waals surface area contributed by atoms with Crippen LogP contribution in [-0.2, 0) is 37.3 Å². The molecule has 0 fully saturated rings. The average molecular weight is 1140 g/mol. The van der Waals surface area contributed by atoms with Gasteiger partial charge in [-0.3, -0.25) is 0 Å². The molecule has 0 saturated heterocycles. The number of fused-ring (bicyclic) bond motifs is 4. The quantitative estimate of drug-likeness (QED) is 0.142. The van der Waals surface area contributed by atoms with Crippen LogP contribution in [0.3, 0.4) is 0 Å². The third kappa shape index (κ3) is 9.41. The zero-order valence-corrected chi connectivity index (χ0v) is 45.0. The molecule has 5 nitrogen and oxygen atoms in total. The monoisotopic (exact) mass is 1140 g/mol. The second-order valence-corrected chi connectivity index (χ2v) is 21.9.